The molecule has 0 bridgehead atoms. The Morgan fingerprint density at radius 1 is 0.641 bits per heavy atom. The minimum absolute atomic E-state index is 0.231. The van der Waals surface area contributed by atoms with Crippen LogP contribution in [0.4, 0.5) is 0 Å². The molecule has 0 unspecified atom stereocenters. The molecular formula is C35H53O3P. The molecule has 2 aliphatic rings. The van der Waals surface area contributed by atoms with Gasteiger partial charge in [0.25, 0.3) is 0 Å². The van der Waals surface area contributed by atoms with Gasteiger partial charge in [-0.1, -0.05) is 92.2 Å². The summed E-state index contributed by atoms with van der Waals surface area (Å²) >= 11 is 0. The van der Waals surface area contributed by atoms with Crippen molar-refractivity contribution in [1.82, 2.24) is 0 Å². The molecule has 2 aromatic carbocycles. The van der Waals surface area contributed by atoms with Crippen LogP contribution in [0.5, 0.6) is 11.5 Å². The van der Waals surface area contributed by atoms with Crippen LogP contribution in [0.15, 0.2) is 24.3 Å². The molecule has 39 heavy (non-hydrogen) atoms. The van der Waals surface area contributed by atoms with Crippen LogP contribution >= 0.6 is 7.14 Å². The second-order valence-electron chi connectivity index (χ2n) is 13.0. The Balaban J connectivity index is 2.15. The highest BCUT2D eigenvalue weighted by Gasteiger charge is 2.46. The molecule has 0 N–H and O–H groups in total. The van der Waals surface area contributed by atoms with E-state index in [1.54, 1.807) is 14.2 Å². The molecule has 0 amide bonds. The van der Waals surface area contributed by atoms with Crippen LogP contribution < -0.4 is 14.8 Å². The quantitative estimate of drug-likeness (QED) is 0.290. The van der Waals surface area contributed by atoms with Gasteiger partial charge < -0.3 is 14.0 Å². The van der Waals surface area contributed by atoms with Crippen LogP contribution in [-0.4, -0.2) is 25.5 Å². The minimum atomic E-state index is -2.86. The van der Waals surface area contributed by atoms with E-state index in [2.05, 4.69) is 53.7 Å². The Kier molecular flexibility index (Phi) is 9.96. The molecule has 2 aliphatic carbocycles. The lowest BCUT2D eigenvalue weighted by Gasteiger charge is -2.40. The van der Waals surface area contributed by atoms with Crippen molar-refractivity contribution in [3.05, 3.63) is 41.0 Å². The maximum Gasteiger partial charge on any atom is 0.130 e. The third-order valence-electron chi connectivity index (χ3n) is 9.51. The minimum Gasteiger partial charge on any atom is -0.496 e. The Morgan fingerprint density at radius 3 is 1.46 bits per heavy atom. The van der Waals surface area contributed by atoms with Crippen LogP contribution in [0.2, 0.25) is 0 Å². The molecule has 2 fully saturated rings. The second kappa shape index (κ2) is 12.8. The van der Waals surface area contributed by atoms with Gasteiger partial charge in [-0.05, 0) is 77.8 Å². The number of hydrogen-bond donors (Lipinski definition) is 0. The zero-order valence-corrected chi connectivity index (χ0v) is 26.8. The molecule has 4 heteroatoms. The van der Waals surface area contributed by atoms with Gasteiger partial charge in [0.05, 0.1) is 19.5 Å². The van der Waals surface area contributed by atoms with E-state index in [9.17, 15) is 0 Å². The molecular weight excluding hydrogens is 499 g/mol. The predicted molar refractivity (Wildman–Crippen MR) is 168 cm³/mol. The third-order valence-corrected chi connectivity index (χ3v) is 13.9. The molecule has 0 radical (unpaired) electrons. The van der Waals surface area contributed by atoms with Gasteiger partial charge in [-0.2, -0.15) is 0 Å². The van der Waals surface area contributed by atoms with Gasteiger partial charge in [-0.25, -0.2) is 0 Å². The molecule has 0 aliphatic heterocycles. The van der Waals surface area contributed by atoms with E-state index in [1.165, 1.54) is 60.8 Å². The summed E-state index contributed by atoms with van der Waals surface area (Å²) in [5.74, 6) is 2.71. The fourth-order valence-electron chi connectivity index (χ4n) is 7.31. The summed E-state index contributed by atoms with van der Waals surface area (Å²) in [4.78, 5) is 0. The highest BCUT2D eigenvalue weighted by molar-refractivity contribution is 7.73. The van der Waals surface area contributed by atoms with Crippen molar-refractivity contribution >= 4 is 12.4 Å². The van der Waals surface area contributed by atoms with Crippen LogP contribution in [0, 0.1) is 0 Å². The van der Waals surface area contributed by atoms with Crippen molar-refractivity contribution in [2.75, 3.05) is 14.2 Å². The van der Waals surface area contributed by atoms with Gasteiger partial charge in [0.2, 0.25) is 0 Å². The molecule has 216 valence electrons. The Bertz CT molecular complexity index is 1120. The summed E-state index contributed by atoms with van der Waals surface area (Å²) in [5, 5.41) is 0.990. The maximum absolute atomic E-state index is 16.2. The zero-order valence-electron chi connectivity index (χ0n) is 25.9. The summed E-state index contributed by atoms with van der Waals surface area (Å²) < 4.78 is 28.5. The van der Waals surface area contributed by atoms with Gasteiger partial charge in [0.15, 0.2) is 0 Å². The predicted octanol–water partition coefficient (Wildman–Crippen LogP) is 10.4. The van der Waals surface area contributed by atoms with Crippen LogP contribution in [-0.2, 0) is 4.57 Å². The monoisotopic (exact) mass is 552 g/mol. The van der Waals surface area contributed by atoms with Crippen molar-refractivity contribution in [2.24, 2.45) is 0 Å². The zero-order chi connectivity index (χ0) is 28.3. The van der Waals surface area contributed by atoms with Crippen LogP contribution in [0.25, 0.3) is 11.1 Å². The molecule has 0 atom stereocenters. The second-order valence-corrected chi connectivity index (χ2v) is 16.4. The van der Waals surface area contributed by atoms with E-state index in [0.717, 1.165) is 48.1 Å². The normalized spacial score (nSPS) is 17.8. The molecule has 2 saturated carbocycles. The molecule has 0 heterocycles. The first-order chi connectivity index (χ1) is 18.6. The first kappa shape index (κ1) is 30.2. The fraction of sp³-hybridized carbons (Fsp3) is 0.657. The maximum atomic E-state index is 16.2. The molecule has 3 nitrogen and oxygen atoms in total. The summed E-state index contributed by atoms with van der Waals surface area (Å²) in [6.07, 6.45) is 11.5. The van der Waals surface area contributed by atoms with Crippen molar-refractivity contribution in [3.63, 3.8) is 0 Å². The summed E-state index contributed by atoms with van der Waals surface area (Å²) in [5.41, 5.74) is 6.79. The molecule has 4 rings (SSSR count). The van der Waals surface area contributed by atoms with E-state index in [0.29, 0.717) is 17.8 Å². The van der Waals surface area contributed by atoms with Crippen LogP contribution in [0.3, 0.4) is 0 Å². The SMILES string of the molecule is COc1ccc(OC)c(P(=O)(C2CCCCC2)C2CCCCC2)c1-c1c(C(C)C)cc(C(C)C)cc1C(C)C. The van der Waals surface area contributed by atoms with Gasteiger partial charge in [0.1, 0.15) is 18.6 Å². The number of benzene rings is 2. The van der Waals surface area contributed by atoms with Gasteiger partial charge in [-0.3, -0.25) is 0 Å². The molecule has 0 spiro atoms. The highest BCUT2D eigenvalue weighted by Crippen LogP contribution is 2.65. The molecule has 2 aromatic rings. The largest absolute Gasteiger partial charge is 0.496 e. The average Bonchev–Trinajstić information content (AvgIpc) is 2.95. The third kappa shape index (κ3) is 5.86. The Labute approximate surface area is 238 Å². The van der Waals surface area contributed by atoms with E-state index < -0.39 is 7.14 Å². The lowest BCUT2D eigenvalue weighted by atomic mass is 9.81. The number of methoxy groups -OCH3 is 2. The fourth-order valence-corrected chi connectivity index (χ4v) is 12.0. The van der Waals surface area contributed by atoms with E-state index >= 15 is 4.57 Å². The van der Waals surface area contributed by atoms with Gasteiger partial charge in [-0.15, -0.1) is 0 Å². The Morgan fingerprint density at radius 2 is 1.08 bits per heavy atom. The van der Waals surface area contributed by atoms with Gasteiger partial charge in [0, 0.05) is 16.9 Å². The standard InChI is InChI=1S/C35H53O3P/c1-23(2)26-21-29(24(3)4)33(30(22-26)25(5)6)34-31(37-7)19-20-32(38-8)35(34)39(36,27-15-11-9-12-16-27)28-17-13-10-14-18-28/h19-25,27-28H,9-18H2,1-8H3. The van der Waals surface area contributed by atoms with E-state index in [4.69, 9.17) is 9.47 Å². The van der Waals surface area contributed by atoms with Crippen LogP contribution in [0.1, 0.15) is 140 Å². The van der Waals surface area contributed by atoms with Crippen molar-refractivity contribution in [1.29, 1.82) is 0 Å². The van der Waals surface area contributed by atoms with Crippen molar-refractivity contribution in [3.8, 4) is 22.6 Å². The smallest absolute Gasteiger partial charge is 0.130 e. The van der Waals surface area contributed by atoms with E-state index in [1.807, 2.05) is 12.1 Å². The Hall–Kier alpha value is -1.73. The number of rotatable bonds is 9. The summed E-state index contributed by atoms with van der Waals surface area (Å²) in [7, 11) is 0.675. The number of hydrogen-bond acceptors (Lipinski definition) is 3. The van der Waals surface area contributed by atoms with Crippen molar-refractivity contribution in [2.45, 2.75) is 135 Å². The van der Waals surface area contributed by atoms with Gasteiger partial charge >= 0.3 is 0 Å². The molecule has 0 aromatic heterocycles. The lowest BCUT2D eigenvalue weighted by molar-refractivity contribution is 0.405. The van der Waals surface area contributed by atoms with E-state index in [-0.39, 0.29) is 11.3 Å². The first-order valence-electron chi connectivity index (χ1n) is 15.7. The number of ether oxygens (including phenoxy) is 2. The lowest BCUT2D eigenvalue weighted by Crippen LogP contribution is -2.32. The summed E-state index contributed by atoms with van der Waals surface area (Å²) in [6.45, 7) is 13.7. The topological polar surface area (TPSA) is 35.5 Å². The summed E-state index contributed by atoms with van der Waals surface area (Å²) in [6, 6.07) is 8.90. The highest BCUT2D eigenvalue weighted by atomic mass is 31.2. The first-order valence-corrected chi connectivity index (χ1v) is 17.5. The molecule has 0 saturated heterocycles. The van der Waals surface area contributed by atoms with Crippen molar-refractivity contribution < 1.29 is 14.0 Å². The average molecular weight is 553 g/mol.